The largest absolute Gasteiger partial charge is 0.491 e. The zero-order valence-electron chi connectivity index (χ0n) is 14.0. The van der Waals surface area contributed by atoms with Crippen LogP contribution in [0.15, 0.2) is 48.5 Å². The van der Waals surface area contributed by atoms with Gasteiger partial charge in [-0.2, -0.15) is 0 Å². The van der Waals surface area contributed by atoms with E-state index in [-0.39, 0.29) is 17.9 Å². The summed E-state index contributed by atoms with van der Waals surface area (Å²) in [7, 11) is 1.61. The molecule has 0 aliphatic carbocycles. The molecule has 0 saturated carbocycles. The first-order valence-electron chi connectivity index (χ1n) is 7.88. The Morgan fingerprint density at radius 2 is 1.80 bits per heavy atom. The zero-order chi connectivity index (χ0) is 18.1. The molecule has 0 heterocycles. The Bertz CT molecular complexity index is 729. The fraction of sp³-hybridized carbons (Fsp3) is 0.263. The lowest BCUT2D eigenvalue weighted by molar-refractivity contribution is -0.120. The molecule has 2 rings (SSSR count). The van der Waals surface area contributed by atoms with Crippen molar-refractivity contribution < 1.29 is 24.2 Å². The summed E-state index contributed by atoms with van der Waals surface area (Å²) >= 11 is 0. The van der Waals surface area contributed by atoms with E-state index in [4.69, 9.17) is 14.6 Å². The Kier molecular flexibility index (Phi) is 6.98. The fourth-order valence-corrected chi connectivity index (χ4v) is 2.25. The number of carbonyl (C=O) groups is 2. The predicted octanol–water partition coefficient (Wildman–Crippen LogP) is 2.27. The van der Waals surface area contributed by atoms with Crippen LogP contribution in [0.4, 0.5) is 0 Å². The van der Waals surface area contributed by atoms with Gasteiger partial charge in [0.25, 0.3) is 0 Å². The molecular weight excluding hydrogens is 322 g/mol. The Labute approximate surface area is 146 Å². The van der Waals surface area contributed by atoms with Crippen LogP contribution in [0, 0.1) is 0 Å². The molecule has 2 aromatic rings. The second kappa shape index (κ2) is 9.44. The minimum Gasteiger partial charge on any atom is -0.491 e. The molecule has 0 fully saturated rings. The third-order valence-electron chi connectivity index (χ3n) is 3.48. The topological polar surface area (TPSA) is 84.9 Å². The van der Waals surface area contributed by atoms with Crippen molar-refractivity contribution in [2.75, 3.05) is 20.3 Å². The molecule has 0 atom stereocenters. The van der Waals surface area contributed by atoms with Gasteiger partial charge in [-0.15, -0.1) is 0 Å². The van der Waals surface area contributed by atoms with E-state index < -0.39 is 5.97 Å². The van der Waals surface area contributed by atoms with Gasteiger partial charge in [-0.25, -0.2) is 4.79 Å². The highest BCUT2D eigenvalue weighted by molar-refractivity contribution is 5.88. The molecule has 0 saturated heterocycles. The van der Waals surface area contributed by atoms with Gasteiger partial charge in [0, 0.05) is 13.7 Å². The molecule has 0 aromatic heterocycles. The van der Waals surface area contributed by atoms with E-state index in [1.165, 1.54) is 12.1 Å². The maximum atomic E-state index is 12.1. The van der Waals surface area contributed by atoms with Crippen LogP contribution in [0.25, 0.3) is 0 Å². The number of nitrogens with one attached hydrogen (secondary N) is 1. The molecule has 6 heteroatoms. The number of amides is 1. The van der Waals surface area contributed by atoms with Crippen molar-refractivity contribution in [2.45, 2.75) is 13.0 Å². The van der Waals surface area contributed by atoms with E-state index in [0.717, 1.165) is 11.3 Å². The number of carboxylic acids is 1. The lowest BCUT2D eigenvalue weighted by atomic mass is 10.1. The summed E-state index contributed by atoms with van der Waals surface area (Å²) < 4.78 is 10.5. The van der Waals surface area contributed by atoms with Crippen molar-refractivity contribution in [1.82, 2.24) is 5.32 Å². The highest BCUT2D eigenvalue weighted by Crippen LogP contribution is 2.13. The summed E-state index contributed by atoms with van der Waals surface area (Å²) in [6.45, 7) is 1.35. The van der Waals surface area contributed by atoms with Crippen molar-refractivity contribution in [2.24, 2.45) is 0 Å². The number of methoxy groups -OCH3 is 1. The van der Waals surface area contributed by atoms with Crippen LogP contribution in [0.2, 0.25) is 0 Å². The SMILES string of the molecule is COCCOc1cccc(CNC(=O)Cc2cccc(C(=O)O)c2)c1. The lowest BCUT2D eigenvalue weighted by Crippen LogP contribution is -2.24. The number of hydrogen-bond donors (Lipinski definition) is 2. The average molecular weight is 343 g/mol. The lowest BCUT2D eigenvalue weighted by Gasteiger charge is -2.09. The predicted molar refractivity (Wildman–Crippen MR) is 92.8 cm³/mol. The number of aromatic carboxylic acids is 1. The molecule has 0 bridgehead atoms. The van der Waals surface area contributed by atoms with Crippen molar-refractivity contribution in [3.05, 3.63) is 65.2 Å². The van der Waals surface area contributed by atoms with Crippen molar-refractivity contribution in [3.8, 4) is 5.75 Å². The van der Waals surface area contributed by atoms with Crippen LogP contribution in [0.1, 0.15) is 21.5 Å². The third-order valence-corrected chi connectivity index (χ3v) is 3.48. The summed E-state index contributed by atoms with van der Waals surface area (Å²) in [4.78, 5) is 23.0. The van der Waals surface area contributed by atoms with E-state index in [0.29, 0.717) is 25.3 Å². The normalized spacial score (nSPS) is 10.3. The summed E-state index contributed by atoms with van der Waals surface area (Å²) in [6.07, 6.45) is 0.130. The molecule has 0 unspecified atom stereocenters. The van der Waals surface area contributed by atoms with Gasteiger partial charge < -0.3 is 19.9 Å². The standard InChI is InChI=1S/C19H21NO5/c1-24-8-9-25-17-7-3-5-15(11-17)13-20-18(21)12-14-4-2-6-16(10-14)19(22)23/h2-7,10-11H,8-9,12-13H2,1H3,(H,20,21)(H,22,23). The van der Waals surface area contributed by atoms with Gasteiger partial charge >= 0.3 is 5.97 Å². The van der Waals surface area contributed by atoms with Gasteiger partial charge in [-0.3, -0.25) is 4.79 Å². The van der Waals surface area contributed by atoms with Gasteiger partial charge in [0.1, 0.15) is 12.4 Å². The summed E-state index contributed by atoms with van der Waals surface area (Å²) in [5, 5.41) is 11.8. The molecule has 2 N–H and O–H groups in total. The van der Waals surface area contributed by atoms with Gasteiger partial charge in [-0.1, -0.05) is 24.3 Å². The molecule has 132 valence electrons. The van der Waals surface area contributed by atoms with Crippen LogP contribution in [-0.4, -0.2) is 37.3 Å². The highest BCUT2D eigenvalue weighted by atomic mass is 16.5. The number of rotatable bonds is 9. The molecule has 0 radical (unpaired) electrons. The van der Waals surface area contributed by atoms with E-state index in [2.05, 4.69) is 5.32 Å². The summed E-state index contributed by atoms with van der Waals surface area (Å²) in [6, 6.07) is 13.8. The van der Waals surface area contributed by atoms with Crippen molar-refractivity contribution >= 4 is 11.9 Å². The smallest absolute Gasteiger partial charge is 0.335 e. The van der Waals surface area contributed by atoms with Gasteiger partial charge in [-0.05, 0) is 35.4 Å². The molecular formula is C19H21NO5. The minimum atomic E-state index is -1.01. The minimum absolute atomic E-state index is 0.130. The highest BCUT2D eigenvalue weighted by Gasteiger charge is 2.07. The van der Waals surface area contributed by atoms with Gasteiger partial charge in [0.2, 0.25) is 5.91 Å². The van der Waals surface area contributed by atoms with Crippen LogP contribution in [-0.2, 0) is 22.5 Å². The number of ether oxygens (including phenoxy) is 2. The Morgan fingerprint density at radius 3 is 2.56 bits per heavy atom. The first kappa shape index (κ1) is 18.5. The molecule has 0 aliphatic heterocycles. The monoisotopic (exact) mass is 343 g/mol. The Morgan fingerprint density at radius 1 is 1.04 bits per heavy atom. The van der Waals surface area contributed by atoms with Crippen LogP contribution in [0.3, 0.4) is 0 Å². The average Bonchev–Trinajstić information content (AvgIpc) is 2.61. The van der Waals surface area contributed by atoms with Gasteiger partial charge in [0.05, 0.1) is 18.6 Å². The van der Waals surface area contributed by atoms with E-state index in [9.17, 15) is 9.59 Å². The zero-order valence-corrected chi connectivity index (χ0v) is 14.0. The molecule has 2 aromatic carbocycles. The number of carboxylic acid groups (broad SMARTS) is 1. The third kappa shape index (κ3) is 6.27. The first-order valence-corrected chi connectivity index (χ1v) is 7.88. The van der Waals surface area contributed by atoms with E-state index in [1.54, 1.807) is 19.2 Å². The summed E-state index contributed by atoms with van der Waals surface area (Å²) in [5.74, 6) is -0.459. The van der Waals surface area contributed by atoms with Crippen LogP contribution >= 0.6 is 0 Å². The molecule has 0 spiro atoms. The van der Waals surface area contributed by atoms with Gasteiger partial charge in [0.15, 0.2) is 0 Å². The molecule has 6 nitrogen and oxygen atoms in total. The molecule has 0 aliphatic rings. The van der Waals surface area contributed by atoms with E-state index >= 15 is 0 Å². The number of carbonyl (C=O) groups excluding carboxylic acids is 1. The first-order chi connectivity index (χ1) is 12.1. The second-order valence-electron chi connectivity index (χ2n) is 5.45. The number of hydrogen-bond acceptors (Lipinski definition) is 4. The van der Waals surface area contributed by atoms with Crippen molar-refractivity contribution in [3.63, 3.8) is 0 Å². The van der Waals surface area contributed by atoms with Crippen LogP contribution < -0.4 is 10.1 Å². The molecule has 1 amide bonds. The maximum absolute atomic E-state index is 12.1. The second-order valence-corrected chi connectivity index (χ2v) is 5.45. The quantitative estimate of drug-likeness (QED) is 0.682. The summed E-state index contributed by atoms with van der Waals surface area (Å²) in [5.41, 5.74) is 1.75. The van der Waals surface area contributed by atoms with E-state index in [1.807, 2.05) is 24.3 Å². The van der Waals surface area contributed by atoms with Crippen LogP contribution in [0.5, 0.6) is 5.75 Å². The van der Waals surface area contributed by atoms with Crippen molar-refractivity contribution in [1.29, 1.82) is 0 Å². The molecule has 25 heavy (non-hydrogen) atoms. The maximum Gasteiger partial charge on any atom is 0.335 e. The Hall–Kier alpha value is -2.86. The Balaban J connectivity index is 1.86. The fourth-order valence-electron chi connectivity index (χ4n) is 2.25. The number of benzene rings is 2.